The molecule has 152 valence electrons. The Hall–Kier alpha value is -3.45. The first-order valence-electron chi connectivity index (χ1n) is 9.48. The van der Waals surface area contributed by atoms with Crippen molar-refractivity contribution in [3.8, 4) is 16.9 Å². The van der Waals surface area contributed by atoms with E-state index in [0.717, 1.165) is 21.6 Å². The summed E-state index contributed by atoms with van der Waals surface area (Å²) in [5.41, 5.74) is 3.38. The number of nitrogens with zero attached hydrogens (tertiary/aromatic N) is 1. The average molecular weight is 420 g/mol. The number of amides is 1. The van der Waals surface area contributed by atoms with Crippen molar-refractivity contribution < 1.29 is 9.53 Å². The number of fused-ring (bicyclic) bond motifs is 1. The van der Waals surface area contributed by atoms with Gasteiger partial charge in [-0.3, -0.25) is 9.59 Å². The van der Waals surface area contributed by atoms with E-state index in [0.29, 0.717) is 27.5 Å². The monoisotopic (exact) mass is 419 g/mol. The van der Waals surface area contributed by atoms with Gasteiger partial charge in [-0.15, -0.1) is 11.3 Å². The predicted octanol–water partition coefficient (Wildman–Crippen LogP) is 4.46. The first-order chi connectivity index (χ1) is 14.5. The van der Waals surface area contributed by atoms with Crippen molar-refractivity contribution in [2.24, 2.45) is 0 Å². The van der Waals surface area contributed by atoms with Gasteiger partial charge in [0.05, 0.1) is 24.6 Å². The lowest BCUT2D eigenvalue weighted by Crippen LogP contribution is -2.19. The number of anilines is 1. The summed E-state index contributed by atoms with van der Waals surface area (Å²) in [5, 5.41) is 3.37. The van der Waals surface area contributed by atoms with Crippen LogP contribution in [-0.2, 0) is 11.2 Å². The van der Waals surface area contributed by atoms with Crippen LogP contribution in [0.4, 0.5) is 5.69 Å². The minimum atomic E-state index is -0.283. The van der Waals surface area contributed by atoms with Gasteiger partial charge in [0.25, 0.3) is 5.56 Å². The van der Waals surface area contributed by atoms with Crippen LogP contribution in [0.15, 0.2) is 53.3 Å². The number of methoxy groups -OCH3 is 1. The number of carbonyl (C=O) groups is 1. The molecule has 2 aromatic heterocycles. The van der Waals surface area contributed by atoms with Crippen LogP contribution in [0.2, 0.25) is 0 Å². The summed E-state index contributed by atoms with van der Waals surface area (Å²) in [6, 6.07) is 15.2. The minimum Gasteiger partial charge on any atom is -0.495 e. The minimum absolute atomic E-state index is 0.0416. The average Bonchev–Trinajstić information content (AvgIpc) is 3.05. The fraction of sp³-hybridized carbons (Fsp3) is 0.174. The molecular formula is C23H21N3O3S. The third-order valence-electron chi connectivity index (χ3n) is 4.84. The van der Waals surface area contributed by atoms with Crippen LogP contribution in [-0.4, -0.2) is 23.0 Å². The first kappa shape index (κ1) is 19.8. The van der Waals surface area contributed by atoms with Crippen LogP contribution in [0.1, 0.15) is 16.3 Å². The second-order valence-corrected chi connectivity index (χ2v) is 8.22. The molecule has 0 aliphatic carbocycles. The lowest BCUT2D eigenvalue weighted by atomic mass is 10.0. The first-order valence-corrected chi connectivity index (χ1v) is 10.3. The molecule has 0 saturated heterocycles. The van der Waals surface area contributed by atoms with E-state index in [1.165, 1.54) is 11.3 Å². The molecule has 0 bridgehead atoms. The summed E-state index contributed by atoms with van der Waals surface area (Å²) in [7, 11) is 1.54. The van der Waals surface area contributed by atoms with Gasteiger partial charge < -0.3 is 15.0 Å². The smallest absolute Gasteiger partial charge is 0.260 e. The second kappa shape index (κ2) is 8.12. The van der Waals surface area contributed by atoms with E-state index in [-0.39, 0.29) is 17.9 Å². The zero-order chi connectivity index (χ0) is 21.3. The fourth-order valence-corrected chi connectivity index (χ4v) is 4.47. The van der Waals surface area contributed by atoms with E-state index in [2.05, 4.69) is 15.3 Å². The van der Waals surface area contributed by atoms with Gasteiger partial charge in [-0.2, -0.15) is 0 Å². The molecule has 2 heterocycles. The Morgan fingerprint density at radius 2 is 1.87 bits per heavy atom. The Labute approximate surface area is 177 Å². The fourth-order valence-electron chi connectivity index (χ4n) is 3.41. The molecule has 0 aliphatic rings. The van der Waals surface area contributed by atoms with Crippen LogP contribution in [0.3, 0.4) is 0 Å². The van der Waals surface area contributed by atoms with E-state index in [4.69, 9.17) is 4.74 Å². The number of hydrogen-bond acceptors (Lipinski definition) is 5. The molecule has 0 radical (unpaired) electrons. The number of ether oxygens (including phenoxy) is 1. The number of aryl methyl sites for hydroxylation is 2. The molecule has 1 amide bonds. The van der Waals surface area contributed by atoms with Crippen LogP contribution in [0.25, 0.3) is 21.3 Å². The number of H-pyrrole nitrogens is 1. The second-order valence-electron chi connectivity index (χ2n) is 7.02. The topological polar surface area (TPSA) is 84.1 Å². The van der Waals surface area contributed by atoms with Gasteiger partial charge in [-0.05, 0) is 31.5 Å². The van der Waals surface area contributed by atoms with Crippen LogP contribution in [0, 0.1) is 13.8 Å². The molecule has 7 heteroatoms. The molecule has 0 atom stereocenters. The van der Waals surface area contributed by atoms with Gasteiger partial charge in [-0.25, -0.2) is 4.98 Å². The maximum Gasteiger partial charge on any atom is 0.260 e. The molecule has 6 nitrogen and oxygen atoms in total. The number of benzene rings is 2. The highest BCUT2D eigenvalue weighted by Gasteiger charge is 2.18. The van der Waals surface area contributed by atoms with E-state index in [1.54, 1.807) is 19.2 Å². The number of para-hydroxylation sites is 2. The highest BCUT2D eigenvalue weighted by molar-refractivity contribution is 7.19. The van der Waals surface area contributed by atoms with E-state index in [1.807, 2.05) is 50.2 Å². The zero-order valence-corrected chi connectivity index (χ0v) is 17.7. The SMILES string of the molecule is COc1ccccc1NC(=O)Cc1nc2sc(C)c(-c3ccc(C)cc3)c2c(=O)[nH]1. The van der Waals surface area contributed by atoms with Crippen LogP contribution in [0.5, 0.6) is 5.75 Å². The molecule has 0 saturated carbocycles. The Morgan fingerprint density at radius 3 is 2.60 bits per heavy atom. The van der Waals surface area contributed by atoms with Crippen molar-refractivity contribution in [1.82, 2.24) is 9.97 Å². The Morgan fingerprint density at radius 1 is 1.13 bits per heavy atom. The van der Waals surface area contributed by atoms with Gasteiger partial charge in [0.2, 0.25) is 5.91 Å². The normalized spacial score (nSPS) is 10.9. The third-order valence-corrected chi connectivity index (χ3v) is 5.84. The number of hydrogen-bond donors (Lipinski definition) is 2. The summed E-state index contributed by atoms with van der Waals surface area (Å²) < 4.78 is 5.25. The highest BCUT2D eigenvalue weighted by Crippen LogP contribution is 2.35. The maximum atomic E-state index is 12.9. The number of aromatic nitrogens is 2. The Bertz CT molecular complexity index is 1290. The van der Waals surface area contributed by atoms with Crippen LogP contribution >= 0.6 is 11.3 Å². The quantitative estimate of drug-likeness (QED) is 0.500. The van der Waals surface area contributed by atoms with E-state index < -0.39 is 0 Å². The Balaban J connectivity index is 1.65. The Kier molecular flexibility index (Phi) is 5.37. The number of rotatable bonds is 5. The standard InChI is InChI=1S/C23H21N3O3S/c1-13-8-10-15(11-9-13)20-14(2)30-23-21(20)22(28)25-18(26-23)12-19(27)24-16-6-4-5-7-17(16)29-3/h4-11H,12H2,1-3H3,(H,24,27)(H,25,26,28). The lowest BCUT2D eigenvalue weighted by Gasteiger charge is -2.09. The summed E-state index contributed by atoms with van der Waals surface area (Å²) >= 11 is 1.46. The van der Waals surface area contributed by atoms with Gasteiger partial charge >= 0.3 is 0 Å². The van der Waals surface area contributed by atoms with Crippen molar-refractivity contribution in [1.29, 1.82) is 0 Å². The van der Waals surface area contributed by atoms with Crippen molar-refractivity contribution in [2.45, 2.75) is 20.3 Å². The van der Waals surface area contributed by atoms with Gasteiger partial charge in [0.15, 0.2) is 0 Å². The summed E-state index contributed by atoms with van der Waals surface area (Å²) in [6.45, 7) is 4.01. The summed E-state index contributed by atoms with van der Waals surface area (Å²) in [4.78, 5) is 34.4. The van der Waals surface area contributed by atoms with Crippen molar-refractivity contribution in [3.05, 3.63) is 75.1 Å². The predicted molar refractivity (Wildman–Crippen MR) is 120 cm³/mol. The number of aromatic amines is 1. The summed E-state index contributed by atoms with van der Waals surface area (Å²) in [5.74, 6) is 0.616. The van der Waals surface area contributed by atoms with E-state index >= 15 is 0 Å². The van der Waals surface area contributed by atoms with E-state index in [9.17, 15) is 9.59 Å². The molecule has 2 aromatic carbocycles. The van der Waals surface area contributed by atoms with Gasteiger partial charge in [0, 0.05) is 10.4 Å². The molecule has 0 fully saturated rings. The van der Waals surface area contributed by atoms with Crippen molar-refractivity contribution in [2.75, 3.05) is 12.4 Å². The summed E-state index contributed by atoms with van der Waals surface area (Å²) in [6.07, 6.45) is -0.0416. The van der Waals surface area contributed by atoms with Gasteiger partial charge in [-0.1, -0.05) is 42.0 Å². The highest BCUT2D eigenvalue weighted by atomic mass is 32.1. The molecule has 0 unspecified atom stereocenters. The number of nitrogens with one attached hydrogen (secondary N) is 2. The zero-order valence-electron chi connectivity index (χ0n) is 16.9. The van der Waals surface area contributed by atoms with Gasteiger partial charge in [0.1, 0.15) is 16.4 Å². The third kappa shape index (κ3) is 3.84. The largest absolute Gasteiger partial charge is 0.495 e. The molecule has 4 aromatic rings. The molecule has 0 aliphatic heterocycles. The molecule has 4 rings (SSSR count). The number of thiophene rings is 1. The lowest BCUT2D eigenvalue weighted by molar-refractivity contribution is -0.115. The van der Waals surface area contributed by atoms with Crippen LogP contribution < -0.4 is 15.6 Å². The van der Waals surface area contributed by atoms with Crippen molar-refractivity contribution in [3.63, 3.8) is 0 Å². The molecule has 2 N–H and O–H groups in total. The molecule has 30 heavy (non-hydrogen) atoms. The maximum absolute atomic E-state index is 12.9. The number of carbonyl (C=O) groups excluding carboxylic acids is 1. The van der Waals surface area contributed by atoms with Crippen molar-refractivity contribution >= 4 is 33.1 Å². The molecule has 0 spiro atoms. The molecular weight excluding hydrogens is 398 g/mol.